The van der Waals surface area contributed by atoms with Gasteiger partial charge in [-0.1, -0.05) is 45.4 Å². The number of benzene rings is 1. The van der Waals surface area contributed by atoms with Crippen LogP contribution in [0.4, 0.5) is 4.39 Å². The zero-order valence-corrected chi connectivity index (χ0v) is 8.52. The van der Waals surface area contributed by atoms with Crippen LogP contribution in [-0.2, 0) is 6.42 Å². The summed E-state index contributed by atoms with van der Waals surface area (Å²) in [5.41, 5.74) is 1.59. The lowest BCUT2D eigenvalue weighted by Gasteiger charge is -2.09. The van der Waals surface area contributed by atoms with Crippen LogP contribution in [0, 0.1) is 11.7 Å². The van der Waals surface area contributed by atoms with Crippen molar-refractivity contribution >= 4 is 0 Å². The van der Waals surface area contributed by atoms with Crippen LogP contribution in [0.2, 0.25) is 0 Å². The molecule has 0 N–H and O–H groups in total. The summed E-state index contributed by atoms with van der Waals surface area (Å²) in [7, 11) is 0. The van der Waals surface area contributed by atoms with Crippen LogP contribution in [0.25, 0.3) is 0 Å². The zero-order chi connectivity index (χ0) is 9.84. The lowest BCUT2D eigenvalue weighted by atomic mass is 9.98. The highest BCUT2D eigenvalue weighted by molar-refractivity contribution is 5.34. The Hall–Kier alpha value is -0.850. The van der Waals surface area contributed by atoms with Gasteiger partial charge in [-0.15, -0.1) is 0 Å². The Morgan fingerprint density at radius 3 is 2.54 bits per heavy atom. The first-order valence-corrected chi connectivity index (χ1v) is 4.74. The molecule has 0 aliphatic heterocycles. The van der Waals surface area contributed by atoms with E-state index < -0.39 is 0 Å². The molecule has 0 unspecified atom stereocenters. The minimum Gasteiger partial charge on any atom is -0.206 e. The smallest absolute Gasteiger partial charge is 0.130 e. The van der Waals surface area contributed by atoms with Gasteiger partial charge >= 0.3 is 0 Å². The molecule has 0 aromatic heterocycles. The van der Waals surface area contributed by atoms with E-state index in [0.717, 1.165) is 29.9 Å². The Balaban J connectivity index is 3.03. The van der Waals surface area contributed by atoms with E-state index in [1.807, 2.05) is 32.0 Å². The predicted octanol–water partition coefficient (Wildman–Crippen LogP) is 3.74. The Bertz CT molecular complexity index is 276. The van der Waals surface area contributed by atoms with E-state index in [1.165, 1.54) is 0 Å². The van der Waals surface area contributed by atoms with Gasteiger partial charge in [-0.25, -0.2) is 4.39 Å². The van der Waals surface area contributed by atoms with Crippen LogP contribution in [-0.4, -0.2) is 0 Å². The zero-order valence-electron chi connectivity index (χ0n) is 8.52. The number of hydrogen-bond acceptors (Lipinski definition) is 0. The summed E-state index contributed by atoms with van der Waals surface area (Å²) >= 11 is 0. The molecule has 1 aromatic carbocycles. The fourth-order valence-electron chi connectivity index (χ4n) is 1.43. The molecular weight excluding hydrogens is 163 g/mol. The van der Waals surface area contributed by atoms with Gasteiger partial charge in [0.1, 0.15) is 5.82 Å². The van der Waals surface area contributed by atoms with Crippen molar-refractivity contribution in [2.75, 3.05) is 0 Å². The minimum atomic E-state index is -0.0376. The third-order valence-electron chi connectivity index (χ3n) is 2.14. The SMILES string of the molecule is CCCc1cccc([C](C)C)c1F. The molecule has 0 nitrogen and oxygen atoms in total. The van der Waals surface area contributed by atoms with Crippen molar-refractivity contribution in [2.24, 2.45) is 0 Å². The minimum absolute atomic E-state index is 0.0376. The van der Waals surface area contributed by atoms with Crippen LogP contribution in [0.5, 0.6) is 0 Å². The number of aryl methyl sites for hydroxylation is 1. The monoisotopic (exact) mass is 179 g/mol. The third-order valence-corrected chi connectivity index (χ3v) is 2.14. The molecule has 1 heteroatoms. The maximum atomic E-state index is 13.7. The van der Waals surface area contributed by atoms with Crippen molar-refractivity contribution in [3.63, 3.8) is 0 Å². The summed E-state index contributed by atoms with van der Waals surface area (Å²) in [6.45, 7) is 5.94. The second-order valence-electron chi connectivity index (χ2n) is 3.53. The topological polar surface area (TPSA) is 0 Å². The maximum Gasteiger partial charge on any atom is 0.130 e. The average molecular weight is 179 g/mol. The van der Waals surface area contributed by atoms with Gasteiger partial charge < -0.3 is 0 Å². The molecule has 0 heterocycles. The summed E-state index contributed by atoms with van der Waals surface area (Å²) in [6.07, 6.45) is 1.82. The van der Waals surface area contributed by atoms with Gasteiger partial charge in [0.15, 0.2) is 0 Å². The van der Waals surface area contributed by atoms with Crippen LogP contribution >= 0.6 is 0 Å². The van der Waals surface area contributed by atoms with Crippen LogP contribution in [0.15, 0.2) is 18.2 Å². The van der Waals surface area contributed by atoms with Gasteiger partial charge in [-0.2, -0.15) is 0 Å². The summed E-state index contributed by atoms with van der Waals surface area (Å²) in [4.78, 5) is 0. The van der Waals surface area contributed by atoms with Crippen LogP contribution in [0.3, 0.4) is 0 Å². The van der Waals surface area contributed by atoms with E-state index in [4.69, 9.17) is 0 Å². The van der Waals surface area contributed by atoms with Crippen molar-refractivity contribution in [1.82, 2.24) is 0 Å². The molecule has 1 aromatic rings. The predicted molar refractivity (Wildman–Crippen MR) is 54.1 cm³/mol. The summed E-state index contributed by atoms with van der Waals surface area (Å²) in [6, 6.07) is 5.63. The number of rotatable bonds is 3. The Labute approximate surface area is 79.8 Å². The maximum absolute atomic E-state index is 13.7. The summed E-state index contributed by atoms with van der Waals surface area (Å²) in [5.74, 6) is 1.000. The van der Waals surface area contributed by atoms with E-state index in [2.05, 4.69) is 6.92 Å². The molecule has 1 rings (SSSR count). The van der Waals surface area contributed by atoms with Crippen LogP contribution < -0.4 is 0 Å². The third kappa shape index (κ3) is 2.30. The average Bonchev–Trinajstić information content (AvgIpc) is 2.08. The van der Waals surface area contributed by atoms with Gasteiger partial charge in [0, 0.05) is 5.92 Å². The molecule has 71 valence electrons. The first-order valence-electron chi connectivity index (χ1n) is 4.74. The molecule has 13 heavy (non-hydrogen) atoms. The van der Waals surface area contributed by atoms with E-state index in [0.29, 0.717) is 0 Å². The van der Waals surface area contributed by atoms with Crippen LogP contribution in [0.1, 0.15) is 38.3 Å². The number of halogens is 1. The quantitative estimate of drug-likeness (QED) is 0.663. The van der Waals surface area contributed by atoms with Crippen molar-refractivity contribution in [3.05, 3.63) is 41.1 Å². The molecule has 0 atom stereocenters. The van der Waals surface area contributed by atoms with Gasteiger partial charge in [0.05, 0.1) is 0 Å². The van der Waals surface area contributed by atoms with Gasteiger partial charge in [-0.3, -0.25) is 0 Å². The molecule has 1 radical (unpaired) electrons. The standard InChI is InChI=1S/C12H16F/c1-4-6-10-7-5-8-11(9(2)3)12(10)13/h5,7-8H,4,6H2,1-3H3. The van der Waals surface area contributed by atoms with Gasteiger partial charge in [-0.05, 0) is 17.5 Å². The molecule has 0 bridgehead atoms. The molecule has 0 aliphatic carbocycles. The van der Waals surface area contributed by atoms with E-state index in [9.17, 15) is 4.39 Å². The first kappa shape index (κ1) is 10.2. The molecule has 0 amide bonds. The molecule has 0 saturated carbocycles. The largest absolute Gasteiger partial charge is 0.206 e. The molecule has 0 saturated heterocycles. The van der Waals surface area contributed by atoms with E-state index in [-0.39, 0.29) is 5.82 Å². The normalized spacial score (nSPS) is 10.8. The second-order valence-corrected chi connectivity index (χ2v) is 3.53. The summed E-state index contributed by atoms with van der Waals surface area (Å²) in [5, 5.41) is 0. The lowest BCUT2D eigenvalue weighted by molar-refractivity contribution is 0.596. The lowest BCUT2D eigenvalue weighted by Crippen LogP contribution is -1.98. The summed E-state index contributed by atoms with van der Waals surface area (Å²) < 4.78 is 13.7. The highest BCUT2D eigenvalue weighted by Gasteiger charge is 2.09. The van der Waals surface area contributed by atoms with Gasteiger partial charge in [0.25, 0.3) is 0 Å². The molecular formula is C12H16F. The first-order chi connectivity index (χ1) is 6.16. The van der Waals surface area contributed by atoms with Crippen molar-refractivity contribution in [1.29, 1.82) is 0 Å². The van der Waals surface area contributed by atoms with E-state index >= 15 is 0 Å². The fraction of sp³-hybridized carbons (Fsp3) is 0.417. The van der Waals surface area contributed by atoms with Crippen molar-refractivity contribution in [3.8, 4) is 0 Å². The Morgan fingerprint density at radius 1 is 1.31 bits per heavy atom. The molecule has 0 spiro atoms. The fourth-order valence-corrected chi connectivity index (χ4v) is 1.43. The highest BCUT2D eigenvalue weighted by atomic mass is 19.1. The van der Waals surface area contributed by atoms with Crippen molar-refractivity contribution in [2.45, 2.75) is 33.6 Å². The highest BCUT2D eigenvalue weighted by Crippen LogP contribution is 2.21. The molecule has 0 fully saturated rings. The van der Waals surface area contributed by atoms with Gasteiger partial charge in [0.2, 0.25) is 0 Å². The molecule has 0 aliphatic rings. The van der Waals surface area contributed by atoms with Crippen molar-refractivity contribution < 1.29 is 4.39 Å². The van der Waals surface area contributed by atoms with E-state index in [1.54, 1.807) is 0 Å². The number of hydrogen-bond donors (Lipinski definition) is 0. The second kappa shape index (κ2) is 4.40. The Kier molecular flexibility index (Phi) is 3.47. The Morgan fingerprint density at radius 2 is 2.00 bits per heavy atom.